The minimum absolute atomic E-state index is 0.0714. The van der Waals surface area contributed by atoms with Crippen LogP contribution >= 0.6 is 15.9 Å². The molecule has 2 aliphatic rings. The summed E-state index contributed by atoms with van der Waals surface area (Å²) in [5.41, 5.74) is 3.00. The summed E-state index contributed by atoms with van der Waals surface area (Å²) >= 11 is 3.53. The standard InChI is InChI=1S/C23H20BrN3O4/c1-13-4-6-15(7-5-13)12-30-21-18(24)10-16(11-19(21)29-3)9-17-22(25)27-20(26-23(17)28)8-14(2)31-27/h4-11,25H,12H2,1-3H3/b17-9-,25-22?. The molecule has 0 aliphatic carbocycles. The predicted octanol–water partition coefficient (Wildman–Crippen LogP) is 4.80. The summed E-state index contributed by atoms with van der Waals surface area (Å²) in [4.78, 5) is 21.9. The third-order valence-electron chi connectivity index (χ3n) is 4.75. The number of aryl methyl sites for hydroxylation is 1. The van der Waals surface area contributed by atoms with E-state index in [2.05, 4.69) is 20.9 Å². The number of aliphatic imine (C=N–C) groups is 1. The molecule has 2 aromatic carbocycles. The van der Waals surface area contributed by atoms with Crippen LogP contribution < -0.4 is 9.47 Å². The summed E-state index contributed by atoms with van der Waals surface area (Å²) in [6, 6.07) is 11.6. The third kappa shape index (κ3) is 4.25. The summed E-state index contributed by atoms with van der Waals surface area (Å²) in [5.74, 6) is 1.36. The summed E-state index contributed by atoms with van der Waals surface area (Å²) in [6.07, 6.45) is 3.20. The molecular weight excluding hydrogens is 462 g/mol. The fraction of sp³-hybridized carbons (Fsp3) is 0.174. The largest absolute Gasteiger partial charge is 0.493 e. The lowest BCUT2D eigenvalue weighted by Gasteiger charge is -2.23. The maximum Gasteiger partial charge on any atom is 0.282 e. The number of allylic oxidation sites excluding steroid dienone is 1. The first kappa shape index (κ1) is 20.9. The van der Waals surface area contributed by atoms with Crippen LogP contribution in [0.25, 0.3) is 6.08 Å². The van der Waals surface area contributed by atoms with Crippen LogP contribution in [0, 0.1) is 12.3 Å². The second kappa shape index (κ2) is 8.39. The molecule has 0 radical (unpaired) electrons. The van der Waals surface area contributed by atoms with E-state index in [9.17, 15) is 4.79 Å². The molecule has 0 saturated heterocycles. The van der Waals surface area contributed by atoms with Crippen molar-refractivity contribution in [3.8, 4) is 11.5 Å². The molecule has 0 bridgehead atoms. The molecule has 2 heterocycles. The monoisotopic (exact) mass is 481 g/mol. The lowest BCUT2D eigenvalue weighted by molar-refractivity contribution is -0.114. The first-order valence-corrected chi connectivity index (χ1v) is 10.3. The highest BCUT2D eigenvalue weighted by atomic mass is 79.9. The fourth-order valence-electron chi connectivity index (χ4n) is 3.17. The lowest BCUT2D eigenvalue weighted by Crippen LogP contribution is -2.38. The zero-order valence-corrected chi connectivity index (χ0v) is 18.8. The number of ether oxygens (including phenoxy) is 2. The van der Waals surface area contributed by atoms with Crippen LogP contribution in [0.3, 0.4) is 0 Å². The smallest absolute Gasteiger partial charge is 0.282 e. The van der Waals surface area contributed by atoms with Gasteiger partial charge in [-0.05, 0) is 59.1 Å². The van der Waals surface area contributed by atoms with E-state index in [1.54, 1.807) is 38.3 Å². The number of carbonyl (C=O) groups excluding carboxylic acids is 1. The highest BCUT2D eigenvalue weighted by Crippen LogP contribution is 2.38. The van der Waals surface area contributed by atoms with Crippen LogP contribution in [-0.2, 0) is 16.2 Å². The maximum atomic E-state index is 12.5. The number of amidine groups is 2. The van der Waals surface area contributed by atoms with Crippen LogP contribution in [0.1, 0.15) is 23.6 Å². The molecule has 0 saturated carbocycles. The van der Waals surface area contributed by atoms with E-state index in [4.69, 9.17) is 19.7 Å². The highest BCUT2D eigenvalue weighted by molar-refractivity contribution is 9.10. The minimum Gasteiger partial charge on any atom is -0.493 e. The van der Waals surface area contributed by atoms with Crippen molar-refractivity contribution in [3.63, 3.8) is 0 Å². The van der Waals surface area contributed by atoms with Gasteiger partial charge in [-0.3, -0.25) is 10.2 Å². The molecule has 7 nitrogen and oxygen atoms in total. The zero-order valence-electron chi connectivity index (χ0n) is 17.2. The number of nitrogens with zero attached hydrogens (tertiary/aromatic N) is 2. The first-order valence-electron chi connectivity index (χ1n) is 9.51. The summed E-state index contributed by atoms with van der Waals surface area (Å²) < 4.78 is 12.2. The van der Waals surface area contributed by atoms with Crippen LogP contribution in [0.5, 0.6) is 11.5 Å². The molecule has 31 heavy (non-hydrogen) atoms. The Morgan fingerprint density at radius 3 is 2.68 bits per heavy atom. The zero-order chi connectivity index (χ0) is 22.1. The molecule has 1 amide bonds. The van der Waals surface area contributed by atoms with Crippen molar-refractivity contribution >= 4 is 39.6 Å². The molecule has 0 unspecified atom stereocenters. The third-order valence-corrected chi connectivity index (χ3v) is 5.34. The Bertz CT molecular complexity index is 1170. The Kier molecular flexibility index (Phi) is 5.65. The fourth-order valence-corrected chi connectivity index (χ4v) is 3.74. The average molecular weight is 482 g/mol. The molecule has 1 N–H and O–H groups in total. The molecule has 0 aromatic heterocycles. The van der Waals surface area contributed by atoms with Gasteiger partial charge in [0.25, 0.3) is 5.91 Å². The molecule has 2 aliphatic heterocycles. The van der Waals surface area contributed by atoms with Crippen LogP contribution in [-0.4, -0.2) is 29.8 Å². The molecule has 4 rings (SSSR count). The van der Waals surface area contributed by atoms with Gasteiger partial charge in [0.2, 0.25) is 0 Å². The number of carbonyl (C=O) groups is 1. The SMILES string of the molecule is COc1cc(/C=C2/C(=N)N3OC(C)=CC3=NC2=O)cc(Br)c1OCc1ccc(C)cc1. The van der Waals surface area contributed by atoms with Gasteiger partial charge < -0.3 is 14.3 Å². The number of fused-ring (bicyclic) bond motifs is 1. The van der Waals surface area contributed by atoms with Gasteiger partial charge in [0.15, 0.2) is 23.2 Å². The first-order chi connectivity index (χ1) is 14.9. The van der Waals surface area contributed by atoms with Crippen LogP contribution in [0.4, 0.5) is 0 Å². The van der Waals surface area contributed by atoms with E-state index < -0.39 is 5.91 Å². The number of hydrogen-bond donors (Lipinski definition) is 1. The molecule has 0 fully saturated rings. The topological polar surface area (TPSA) is 84.2 Å². The van der Waals surface area contributed by atoms with Gasteiger partial charge in [0, 0.05) is 6.08 Å². The number of amides is 1. The Balaban J connectivity index is 1.60. The van der Waals surface area contributed by atoms with Crippen LogP contribution in [0.2, 0.25) is 0 Å². The molecule has 0 spiro atoms. The quantitative estimate of drug-likeness (QED) is 0.620. The van der Waals surface area contributed by atoms with Gasteiger partial charge in [-0.15, -0.1) is 5.06 Å². The van der Waals surface area contributed by atoms with Crippen molar-refractivity contribution in [1.82, 2.24) is 5.06 Å². The van der Waals surface area contributed by atoms with Crippen molar-refractivity contribution < 1.29 is 19.1 Å². The Hall–Kier alpha value is -3.39. The molecule has 2 aromatic rings. The van der Waals surface area contributed by atoms with Crippen molar-refractivity contribution in [2.24, 2.45) is 4.99 Å². The second-order valence-corrected chi connectivity index (χ2v) is 7.99. The number of hydrogen-bond acceptors (Lipinski definition) is 5. The second-order valence-electron chi connectivity index (χ2n) is 7.13. The van der Waals surface area contributed by atoms with Crippen molar-refractivity contribution in [1.29, 1.82) is 5.41 Å². The molecule has 8 heteroatoms. The van der Waals surface area contributed by atoms with Gasteiger partial charge in [-0.25, -0.2) is 0 Å². The van der Waals surface area contributed by atoms with Crippen molar-refractivity contribution in [3.05, 3.63) is 75.0 Å². The Morgan fingerprint density at radius 1 is 1.23 bits per heavy atom. The van der Waals surface area contributed by atoms with E-state index in [1.807, 2.05) is 31.2 Å². The number of nitrogens with one attached hydrogen (secondary N) is 1. The average Bonchev–Trinajstić information content (AvgIpc) is 3.11. The van der Waals surface area contributed by atoms with Crippen LogP contribution in [0.15, 0.2) is 63.3 Å². The highest BCUT2D eigenvalue weighted by Gasteiger charge is 2.34. The number of hydroxylamine groups is 2. The lowest BCUT2D eigenvalue weighted by atomic mass is 10.1. The Morgan fingerprint density at radius 2 is 1.97 bits per heavy atom. The van der Waals surface area contributed by atoms with Gasteiger partial charge in [0.1, 0.15) is 12.4 Å². The van der Waals surface area contributed by atoms with Gasteiger partial charge >= 0.3 is 0 Å². The van der Waals surface area contributed by atoms with E-state index in [0.29, 0.717) is 39.7 Å². The number of methoxy groups -OCH3 is 1. The summed E-state index contributed by atoms with van der Waals surface area (Å²) in [7, 11) is 1.55. The molecular formula is C23H20BrN3O4. The minimum atomic E-state index is -0.499. The van der Waals surface area contributed by atoms with E-state index in [1.165, 1.54) is 10.6 Å². The van der Waals surface area contributed by atoms with E-state index >= 15 is 0 Å². The van der Waals surface area contributed by atoms with Gasteiger partial charge in [-0.1, -0.05) is 29.8 Å². The number of benzene rings is 2. The molecule has 158 valence electrons. The van der Waals surface area contributed by atoms with Crippen molar-refractivity contribution in [2.45, 2.75) is 20.5 Å². The van der Waals surface area contributed by atoms with E-state index in [-0.39, 0.29) is 11.4 Å². The predicted molar refractivity (Wildman–Crippen MR) is 121 cm³/mol. The van der Waals surface area contributed by atoms with Gasteiger partial charge in [-0.2, -0.15) is 4.99 Å². The number of rotatable bonds is 5. The maximum absolute atomic E-state index is 12.5. The summed E-state index contributed by atoms with van der Waals surface area (Å²) in [6.45, 7) is 4.15. The molecule has 0 atom stereocenters. The summed E-state index contributed by atoms with van der Waals surface area (Å²) in [5, 5.41) is 9.57. The van der Waals surface area contributed by atoms with Gasteiger partial charge in [0.05, 0.1) is 17.2 Å². The number of halogens is 1. The normalized spacial score (nSPS) is 16.6. The van der Waals surface area contributed by atoms with E-state index in [0.717, 1.165) is 5.56 Å². The van der Waals surface area contributed by atoms with Crippen molar-refractivity contribution in [2.75, 3.05) is 7.11 Å². The Labute approximate surface area is 188 Å².